The minimum atomic E-state index is -4.80. The molecule has 0 aliphatic carbocycles. The van der Waals surface area contributed by atoms with Crippen LogP contribution in [0.25, 0.3) is 0 Å². The SMILES string of the molecule is CCn1nc(C(F)(F)F)nc1Nc1c(C(F)(F)F)csc1Cl. The smallest absolute Gasteiger partial charge is 0.322 e. The van der Waals surface area contributed by atoms with E-state index in [-0.39, 0.29) is 10.9 Å². The van der Waals surface area contributed by atoms with Crippen LogP contribution in [-0.2, 0) is 18.9 Å². The van der Waals surface area contributed by atoms with E-state index >= 15 is 0 Å². The maximum atomic E-state index is 12.8. The quantitative estimate of drug-likeness (QED) is 0.796. The highest BCUT2D eigenvalue weighted by Crippen LogP contribution is 2.43. The molecule has 2 aromatic rings. The first-order chi connectivity index (χ1) is 10.0. The third kappa shape index (κ3) is 3.29. The minimum Gasteiger partial charge on any atom is -0.322 e. The second kappa shape index (κ2) is 5.61. The second-order valence-corrected chi connectivity index (χ2v) is 5.48. The molecule has 0 bridgehead atoms. The molecule has 1 N–H and O–H groups in total. The molecule has 2 heterocycles. The van der Waals surface area contributed by atoms with Gasteiger partial charge in [0.15, 0.2) is 0 Å². The average Bonchev–Trinajstić information content (AvgIpc) is 2.93. The molecule has 122 valence electrons. The van der Waals surface area contributed by atoms with E-state index in [9.17, 15) is 26.3 Å². The fourth-order valence-electron chi connectivity index (χ4n) is 1.55. The summed E-state index contributed by atoms with van der Waals surface area (Å²) in [6.45, 7) is 1.45. The highest BCUT2D eigenvalue weighted by atomic mass is 35.5. The molecule has 0 aromatic carbocycles. The van der Waals surface area contributed by atoms with Crippen LogP contribution in [0, 0.1) is 0 Å². The number of halogens is 7. The van der Waals surface area contributed by atoms with E-state index in [0.29, 0.717) is 11.3 Å². The molecule has 22 heavy (non-hydrogen) atoms. The summed E-state index contributed by atoms with van der Waals surface area (Å²) in [7, 11) is 0. The van der Waals surface area contributed by atoms with Crippen molar-refractivity contribution >= 4 is 34.6 Å². The molecule has 0 saturated carbocycles. The first-order valence-corrected chi connectivity index (χ1v) is 6.93. The van der Waals surface area contributed by atoms with Gasteiger partial charge in [-0.2, -0.15) is 31.3 Å². The lowest BCUT2D eigenvalue weighted by atomic mass is 10.3. The first-order valence-electron chi connectivity index (χ1n) is 5.67. The Kier molecular flexibility index (Phi) is 4.30. The average molecular weight is 365 g/mol. The fourth-order valence-corrected chi connectivity index (χ4v) is 2.58. The van der Waals surface area contributed by atoms with Gasteiger partial charge in [-0.3, -0.25) is 0 Å². The Bertz CT molecular complexity index is 674. The molecular weight excluding hydrogens is 358 g/mol. The molecule has 0 amide bonds. The van der Waals surface area contributed by atoms with Crippen molar-refractivity contribution in [2.24, 2.45) is 0 Å². The van der Waals surface area contributed by atoms with Crippen molar-refractivity contribution in [3.8, 4) is 0 Å². The summed E-state index contributed by atoms with van der Waals surface area (Å²) in [5.41, 5.74) is -1.63. The Morgan fingerprint density at radius 2 is 1.86 bits per heavy atom. The topological polar surface area (TPSA) is 42.7 Å². The number of aromatic nitrogens is 3. The molecule has 4 nitrogen and oxygen atoms in total. The van der Waals surface area contributed by atoms with Crippen LogP contribution >= 0.6 is 22.9 Å². The summed E-state index contributed by atoms with van der Waals surface area (Å²) < 4.78 is 76.8. The van der Waals surface area contributed by atoms with E-state index in [4.69, 9.17) is 11.6 Å². The van der Waals surface area contributed by atoms with Crippen LogP contribution in [0.5, 0.6) is 0 Å². The van der Waals surface area contributed by atoms with Crippen molar-refractivity contribution in [1.82, 2.24) is 14.8 Å². The standard InChI is InChI=1S/C10H7ClF6N4S/c1-2-21-8(19-7(20-21)10(15,16)17)18-5-4(9(12,13)14)3-22-6(5)11/h3H,2H2,1H3,(H,18,19,20). The van der Waals surface area contributed by atoms with Gasteiger partial charge in [-0.05, 0) is 6.92 Å². The van der Waals surface area contributed by atoms with E-state index < -0.39 is 35.4 Å². The number of thiophene rings is 1. The van der Waals surface area contributed by atoms with Crippen molar-refractivity contribution in [2.75, 3.05) is 5.32 Å². The monoisotopic (exact) mass is 364 g/mol. The molecule has 0 atom stereocenters. The molecule has 0 aliphatic rings. The molecular formula is C10H7ClF6N4S. The highest BCUT2D eigenvalue weighted by Gasteiger charge is 2.39. The minimum absolute atomic E-state index is 0.0193. The molecule has 0 radical (unpaired) electrons. The van der Waals surface area contributed by atoms with Gasteiger partial charge in [0.1, 0.15) is 4.34 Å². The third-order valence-corrected chi connectivity index (χ3v) is 3.73. The number of nitrogens with one attached hydrogen (secondary N) is 1. The lowest BCUT2D eigenvalue weighted by molar-refractivity contribution is -0.145. The number of alkyl halides is 6. The van der Waals surface area contributed by atoms with Crippen LogP contribution in [0.1, 0.15) is 18.3 Å². The van der Waals surface area contributed by atoms with Crippen LogP contribution in [0.3, 0.4) is 0 Å². The van der Waals surface area contributed by atoms with Gasteiger partial charge in [-0.15, -0.1) is 16.4 Å². The summed E-state index contributed by atoms with van der Waals surface area (Å²) in [5.74, 6) is -1.92. The fraction of sp³-hybridized carbons (Fsp3) is 0.400. The third-order valence-electron chi connectivity index (χ3n) is 2.51. The van der Waals surface area contributed by atoms with E-state index in [1.165, 1.54) is 6.92 Å². The molecule has 0 spiro atoms. The van der Waals surface area contributed by atoms with E-state index in [2.05, 4.69) is 15.4 Å². The summed E-state index contributed by atoms with van der Waals surface area (Å²) in [6.07, 6.45) is -9.50. The molecule has 0 aliphatic heterocycles. The molecule has 12 heteroatoms. The van der Waals surface area contributed by atoms with Gasteiger partial charge in [-0.25, -0.2) is 4.68 Å². The first kappa shape index (κ1) is 16.9. The van der Waals surface area contributed by atoms with Crippen molar-refractivity contribution in [1.29, 1.82) is 0 Å². The highest BCUT2D eigenvalue weighted by molar-refractivity contribution is 7.15. The molecule has 0 saturated heterocycles. The second-order valence-electron chi connectivity index (χ2n) is 3.99. The Morgan fingerprint density at radius 1 is 1.23 bits per heavy atom. The van der Waals surface area contributed by atoms with Crippen LogP contribution in [0.2, 0.25) is 4.34 Å². The van der Waals surface area contributed by atoms with Gasteiger partial charge in [0.2, 0.25) is 5.95 Å². The summed E-state index contributed by atoms with van der Waals surface area (Å²) in [4.78, 5) is 3.19. The summed E-state index contributed by atoms with van der Waals surface area (Å²) in [6, 6.07) is 0. The zero-order chi connectivity index (χ0) is 16.7. The zero-order valence-corrected chi connectivity index (χ0v) is 12.3. The molecule has 0 unspecified atom stereocenters. The van der Waals surface area contributed by atoms with Crippen LogP contribution in [-0.4, -0.2) is 14.8 Å². The number of rotatable bonds is 3. The number of nitrogens with zero attached hydrogens (tertiary/aromatic N) is 3. The normalized spacial score (nSPS) is 12.7. The van der Waals surface area contributed by atoms with Gasteiger partial charge in [0, 0.05) is 11.9 Å². The van der Waals surface area contributed by atoms with E-state index in [1.54, 1.807) is 0 Å². The summed E-state index contributed by atoms with van der Waals surface area (Å²) in [5, 5.41) is 6.15. The predicted octanol–water partition coefficient (Wildman–Crippen LogP) is 4.79. The van der Waals surface area contributed by atoms with Gasteiger partial charge in [0.05, 0.1) is 11.3 Å². The predicted molar refractivity (Wildman–Crippen MR) is 68.3 cm³/mol. The number of hydrogen-bond acceptors (Lipinski definition) is 4. The largest absolute Gasteiger partial charge is 0.453 e. The molecule has 2 aromatic heterocycles. The molecule has 2 rings (SSSR count). The van der Waals surface area contributed by atoms with Gasteiger partial charge in [-0.1, -0.05) is 11.6 Å². The maximum Gasteiger partial charge on any atom is 0.453 e. The van der Waals surface area contributed by atoms with E-state index in [1.807, 2.05) is 0 Å². The van der Waals surface area contributed by atoms with Crippen molar-refractivity contribution in [3.05, 3.63) is 21.1 Å². The Balaban J connectivity index is 2.44. The lowest BCUT2D eigenvalue weighted by Crippen LogP contribution is -2.09. The van der Waals surface area contributed by atoms with E-state index in [0.717, 1.165) is 10.1 Å². The van der Waals surface area contributed by atoms with Crippen LogP contribution in [0.4, 0.5) is 38.0 Å². The number of aryl methyl sites for hydroxylation is 1. The zero-order valence-electron chi connectivity index (χ0n) is 10.7. The summed E-state index contributed by atoms with van der Waals surface area (Å²) >= 11 is 6.28. The Labute approximate surface area is 128 Å². The lowest BCUT2D eigenvalue weighted by Gasteiger charge is -2.10. The van der Waals surface area contributed by atoms with Gasteiger partial charge in [0.25, 0.3) is 5.82 Å². The van der Waals surface area contributed by atoms with Crippen LogP contribution in [0.15, 0.2) is 5.38 Å². The van der Waals surface area contributed by atoms with Crippen LogP contribution < -0.4 is 5.32 Å². The molecule has 0 fully saturated rings. The number of hydrogen-bond donors (Lipinski definition) is 1. The van der Waals surface area contributed by atoms with Crippen molar-refractivity contribution in [3.63, 3.8) is 0 Å². The Morgan fingerprint density at radius 3 is 2.36 bits per heavy atom. The van der Waals surface area contributed by atoms with Gasteiger partial charge < -0.3 is 5.32 Å². The number of anilines is 2. The van der Waals surface area contributed by atoms with Gasteiger partial charge >= 0.3 is 12.4 Å². The Hall–Kier alpha value is -1.49. The van der Waals surface area contributed by atoms with Crippen molar-refractivity contribution < 1.29 is 26.3 Å². The maximum absolute atomic E-state index is 12.8. The van der Waals surface area contributed by atoms with Crippen molar-refractivity contribution in [2.45, 2.75) is 25.8 Å².